The molecular weight excluding hydrogens is 278 g/mol. The Kier molecular flexibility index (Phi) is 6.19. The molecule has 0 radical (unpaired) electrons. The van der Waals surface area contributed by atoms with E-state index in [1.165, 1.54) is 7.11 Å². The van der Waals surface area contributed by atoms with Crippen molar-refractivity contribution in [2.24, 2.45) is 0 Å². The number of hydrogen-bond acceptors (Lipinski definition) is 4. The van der Waals surface area contributed by atoms with Gasteiger partial charge in [-0.3, -0.25) is 9.59 Å². The van der Waals surface area contributed by atoms with Crippen LogP contribution in [0.4, 0.5) is 0 Å². The van der Waals surface area contributed by atoms with Gasteiger partial charge in [0.05, 0.1) is 13.5 Å². The largest absolute Gasteiger partial charge is 0.497 e. The van der Waals surface area contributed by atoms with Crippen LogP contribution < -0.4 is 10.1 Å². The number of carbonyl (C=O) groups is 3. The maximum Gasteiger partial charge on any atom is 0.326 e. The molecule has 1 atom stereocenters. The fourth-order valence-corrected chi connectivity index (χ4v) is 1.73. The number of ether oxygens (including phenoxy) is 1. The molecule has 114 valence electrons. The third-order valence-electron chi connectivity index (χ3n) is 2.79. The standard InChI is InChI=1S/C14H17NO6/c1-21-10-4-2-3-9(7-10)5-6-12(16)15-11(14(19)20)8-13(17)18/h2-4,7,11H,5-6,8H2,1H3,(H,15,16)(H,17,18)(H,19,20)/t11-/m1/s1. The zero-order chi connectivity index (χ0) is 15.8. The molecule has 0 unspecified atom stereocenters. The van der Waals surface area contributed by atoms with Gasteiger partial charge in [0.1, 0.15) is 11.8 Å². The van der Waals surface area contributed by atoms with E-state index in [1.807, 2.05) is 6.07 Å². The Labute approximate surface area is 121 Å². The molecular formula is C14H17NO6. The molecule has 1 rings (SSSR count). The van der Waals surface area contributed by atoms with E-state index < -0.39 is 30.3 Å². The minimum Gasteiger partial charge on any atom is -0.497 e. The molecule has 0 aliphatic rings. The van der Waals surface area contributed by atoms with Gasteiger partial charge in [-0.15, -0.1) is 0 Å². The van der Waals surface area contributed by atoms with E-state index in [1.54, 1.807) is 18.2 Å². The van der Waals surface area contributed by atoms with E-state index in [2.05, 4.69) is 5.32 Å². The molecule has 0 fully saturated rings. The van der Waals surface area contributed by atoms with Crippen molar-refractivity contribution in [1.29, 1.82) is 0 Å². The fraction of sp³-hybridized carbons (Fsp3) is 0.357. The molecule has 0 aliphatic heterocycles. The summed E-state index contributed by atoms with van der Waals surface area (Å²) >= 11 is 0. The van der Waals surface area contributed by atoms with E-state index in [0.717, 1.165) is 5.56 Å². The van der Waals surface area contributed by atoms with E-state index in [9.17, 15) is 14.4 Å². The van der Waals surface area contributed by atoms with Crippen molar-refractivity contribution in [3.63, 3.8) is 0 Å². The molecule has 0 aromatic heterocycles. The fourth-order valence-electron chi connectivity index (χ4n) is 1.73. The van der Waals surface area contributed by atoms with Crippen LogP contribution in [0.1, 0.15) is 18.4 Å². The lowest BCUT2D eigenvalue weighted by Gasteiger charge is -2.12. The topological polar surface area (TPSA) is 113 Å². The molecule has 0 saturated carbocycles. The smallest absolute Gasteiger partial charge is 0.326 e. The number of hydrogen-bond donors (Lipinski definition) is 3. The maximum atomic E-state index is 11.7. The monoisotopic (exact) mass is 295 g/mol. The summed E-state index contributed by atoms with van der Waals surface area (Å²) in [7, 11) is 1.54. The number of carbonyl (C=O) groups excluding carboxylic acids is 1. The Morgan fingerprint density at radius 3 is 2.57 bits per heavy atom. The third kappa shape index (κ3) is 5.94. The number of benzene rings is 1. The maximum absolute atomic E-state index is 11.7. The number of amides is 1. The summed E-state index contributed by atoms with van der Waals surface area (Å²) in [5.74, 6) is -2.49. The highest BCUT2D eigenvalue weighted by Gasteiger charge is 2.22. The number of aliphatic carboxylic acids is 2. The first-order valence-corrected chi connectivity index (χ1v) is 6.29. The van der Waals surface area contributed by atoms with Crippen LogP contribution in [0.25, 0.3) is 0 Å². The molecule has 1 aromatic rings. The Morgan fingerprint density at radius 2 is 2.00 bits per heavy atom. The quantitative estimate of drug-likeness (QED) is 0.649. The third-order valence-corrected chi connectivity index (χ3v) is 2.79. The highest BCUT2D eigenvalue weighted by molar-refractivity contribution is 5.86. The Balaban J connectivity index is 2.52. The summed E-state index contributed by atoms with van der Waals surface area (Å²) in [6, 6.07) is 5.74. The predicted molar refractivity (Wildman–Crippen MR) is 73.1 cm³/mol. The van der Waals surface area contributed by atoms with Crippen molar-refractivity contribution in [2.45, 2.75) is 25.3 Å². The van der Waals surface area contributed by atoms with Gasteiger partial charge >= 0.3 is 11.9 Å². The molecule has 0 heterocycles. The Hall–Kier alpha value is -2.57. The molecule has 1 aromatic carbocycles. The summed E-state index contributed by atoms with van der Waals surface area (Å²) in [6.07, 6.45) is -0.181. The zero-order valence-corrected chi connectivity index (χ0v) is 11.5. The predicted octanol–water partition coefficient (Wildman–Crippen LogP) is 0.672. The van der Waals surface area contributed by atoms with Crippen molar-refractivity contribution in [3.05, 3.63) is 29.8 Å². The molecule has 0 spiro atoms. The van der Waals surface area contributed by atoms with Gasteiger partial charge in [-0.05, 0) is 24.1 Å². The number of aryl methyl sites for hydroxylation is 1. The summed E-state index contributed by atoms with van der Waals surface area (Å²) in [6.45, 7) is 0. The molecule has 7 heteroatoms. The highest BCUT2D eigenvalue weighted by atomic mass is 16.5. The van der Waals surface area contributed by atoms with Crippen LogP contribution in [0.15, 0.2) is 24.3 Å². The second-order valence-electron chi connectivity index (χ2n) is 4.41. The number of methoxy groups -OCH3 is 1. The van der Waals surface area contributed by atoms with E-state index in [-0.39, 0.29) is 6.42 Å². The average molecular weight is 295 g/mol. The minimum absolute atomic E-state index is 0.0660. The molecule has 3 N–H and O–H groups in total. The lowest BCUT2D eigenvalue weighted by Crippen LogP contribution is -2.42. The molecule has 21 heavy (non-hydrogen) atoms. The van der Waals surface area contributed by atoms with Crippen LogP contribution >= 0.6 is 0 Å². The Morgan fingerprint density at radius 1 is 1.29 bits per heavy atom. The first-order valence-electron chi connectivity index (χ1n) is 6.29. The van der Waals surface area contributed by atoms with Gasteiger partial charge in [-0.1, -0.05) is 12.1 Å². The minimum atomic E-state index is -1.42. The van der Waals surface area contributed by atoms with Gasteiger partial charge in [0.25, 0.3) is 0 Å². The second-order valence-corrected chi connectivity index (χ2v) is 4.41. The van der Waals surface area contributed by atoms with Crippen LogP contribution in [-0.4, -0.2) is 41.2 Å². The summed E-state index contributed by atoms with van der Waals surface area (Å²) in [5, 5.41) is 19.6. The average Bonchev–Trinajstić information content (AvgIpc) is 2.44. The molecule has 0 saturated heterocycles. The highest BCUT2D eigenvalue weighted by Crippen LogP contribution is 2.13. The van der Waals surface area contributed by atoms with Gasteiger partial charge in [-0.25, -0.2) is 4.79 Å². The van der Waals surface area contributed by atoms with Crippen LogP contribution in [0, 0.1) is 0 Å². The van der Waals surface area contributed by atoms with Gasteiger partial charge in [0, 0.05) is 6.42 Å². The van der Waals surface area contributed by atoms with Crippen LogP contribution in [0.5, 0.6) is 5.75 Å². The summed E-state index contributed by atoms with van der Waals surface area (Å²) in [4.78, 5) is 33.0. The van der Waals surface area contributed by atoms with Gasteiger partial charge in [0.15, 0.2) is 0 Å². The molecule has 1 amide bonds. The molecule has 7 nitrogen and oxygen atoms in total. The lowest BCUT2D eigenvalue weighted by atomic mass is 10.1. The number of nitrogens with one attached hydrogen (secondary N) is 1. The number of rotatable bonds is 8. The first kappa shape index (κ1) is 16.5. The van der Waals surface area contributed by atoms with Crippen molar-refractivity contribution >= 4 is 17.8 Å². The first-order chi connectivity index (χ1) is 9.92. The SMILES string of the molecule is COc1cccc(CCC(=O)N[C@H](CC(=O)O)C(=O)O)c1. The Bertz CT molecular complexity index is 528. The van der Waals surface area contributed by atoms with E-state index in [4.69, 9.17) is 14.9 Å². The van der Waals surface area contributed by atoms with Crippen molar-refractivity contribution in [2.75, 3.05) is 7.11 Å². The van der Waals surface area contributed by atoms with Crippen molar-refractivity contribution in [3.8, 4) is 5.75 Å². The molecule has 0 aliphatic carbocycles. The van der Waals surface area contributed by atoms with Gasteiger partial charge in [0.2, 0.25) is 5.91 Å². The van der Waals surface area contributed by atoms with Crippen molar-refractivity contribution < 1.29 is 29.3 Å². The zero-order valence-electron chi connectivity index (χ0n) is 11.5. The van der Waals surface area contributed by atoms with E-state index in [0.29, 0.717) is 12.2 Å². The van der Waals surface area contributed by atoms with Crippen LogP contribution in [0.3, 0.4) is 0 Å². The van der Waals surface area contributed by atoms with Crippen LogP contribution in [-0.2, 0) is 20.8 Å². The summed E-state index contributed by atoms with van der Waals surface area (Å²) < 4.78 is 5.06. The summed E-state index contributed by atoms with van der Waals surface area (Å²) in [5.41, 5.74) is 0.870. The number of carboxylic acids is 2. The second kappa shape index (κ2) is 7.88. The molecule has 0 bridgehead atoms. The lowest BCUT2D eigenvalue weighted by molar-refractivity contribution is -0.147. The normalized spacial score (nSPS) is 11.5. The van der Waals surface area contributed by atoms with Gasteiger partial charge in [-0.2, -0.15) is 0 Å². The van der Waals surface area contributed by atoms with Gasteiger partial charge < -0.3 is 20.3 Å². The van der Waals surface area contributed by atoms with Crippen LogP contribution in [0.2, 0.25) is 0 Å². The number of carboxylic acid groups (broad SMARTS) is 2. The van der Waals surface area contributed by atoms with Crippen molar-refractivity contribution in [1.82, 2.24) is 5.32 Å². The van der Waals surface area contributed by atoms with E-state index >= 15 is 0 Å².